The molecule has 0 saturated carbocycles. The Labute approximate surface area is 147 Å². The molecule has 0 aromatic heterocycles. The molecule has 0 radical (unpaired) electrons. The van der Waals surface area contributed by atoms with Gasteiger partial charge in [0.25, 0.3) is 0 Å². The Balaban J connectivity index is 1.88. The zero-order valence-corrected chi connectivity index (χ0v) is 15.0. The van der Waals surface area contributed by atoms with Gasteiger partial charge < -0.3 is 15.0 Å². The Bertz CT molecular complexity index is 667. The van der Waals surface area contributed by atoms with Crippen molar-refractivity contribution in [2.45, 2.75) is 45.3 Å². The summed E-state index contributed by atoms with van der Waals surface area (Å²) in [7, 11) is 0. The molecule has 2 rings (SSSR count). The molecule has 1 aliphatic heterocycles. The van der Waals surface area contributed by atoms with Gasteiger partial charge in [-0.2, -0.15) is 0 Å². The van der Waals surface area contributed by atoms with E-state index in [4.69, 9.17) is 4.74 Å². The number of halogens is 1. The van der Waals surface area contributed by atoms with Crippen molar-refractivity contribution in [2.24, 2.45) is 0 Å². The van der Waals surface area contributed by atoms with Gasteiger partial charge in [0.15, 0.2) is 0 Å². The molecule has 136 valence electrons. The van der Waals surface area contributed by atoms with Crippen molar-refractivity contribution < 1.29 is 18.7 Å². The minimum absolute atomic E-state index is 0.0452. The Morgan fingerprint density at radius 2 is 2.16 bits per heavy atom. The molecular formula is C19H25FN2O3. The molecule has 1 aromatic rings. The van der Waals surface area contributed by atoms with Gasteiger partial charge in [-0.3, -0.25) is 4.79 Å². The first-order valence-electron chi connectivity index (χ1n) is 8.36. The molecular weight excluding hydrogens is 323 g/mol. The fourth-order valence-corrected chi connectivity index (χ4v) is 2.68. The van der Waals surface area contributed by atoms with Crippen LogP contribution >= 0.6 is 0 Å². The van der Waals surface area contributed by atoms with Gasteiger partial charge in [0.2, 0.25) is 5.91 Å². The second-order valence-electron chi connectivity index (χ2n) is 7.21. The van der Waals surface area contributed by atoms with E-state index in [0.717, 1.165) is 5.56 Å². The molecule has 1 heterocycles. The van der Waals surface area contributed by atoms with Crippen LogP contribution in [0.25, 0.3) is 6.08 Å². The van der Waals surface area contributed by atoms with Crippen LogP contribution in [-0.4, -0.2) is 41.6 Å². The molecule has 2 amide bonds. The second kappa shape index (κ2) is 7.68. The van der Waals surface area contributed by atoms with Crippen molar-refractivity contribution in [3.8, 4) is 0 Å². The minimum Gasteiger partial charge on any atom is -0.444 e. The predicted molar refractivity (Wildman–Crippen MR) is 94.5 cm³/mol. The number of likely N-dealkylation sites (tertiary alicyclic amines) is 1. The molecule has 5 nitrogen and oxygen atoms in total. The lowest BCUT2D eigenvalue weighted by Crippen LogP contribution is -2.40. The SMILES string of the molecule is C=Cc1ccc(F)c(CC(=O)NC2CCN(C(=O)OC(C)(C)C)C2)c1. The molecule has 1 saturated heterocycles. The van der Waals surface area contributed by atoms with Crippen LogP contribution in [0.4, 0.5) is 9.18 Å². The molecule has 6 heteroatoms. The van der Waals surface area contributed by atoms with Crippen molar-refractivity contribution in [3.63, 3.8) is 0 Å². The fourth-order valence-electron chi connectivity index (χ4n) is 2.68. The van der Waals surface area contributed by atoms with Crippen molar-refractivity contribution >= 4 is 18.1 Å². The van der Waals surface area contributed by atoms with Crippen molar-refractivity contribution in [1.29, 1.82) is 0 Å². The molecule has 1 aromatic carbocycles. The zero-order chi connectivity index (χ0) is 18.6. The van der Waals surface area contributed by atoms with Gasteiger partial charge in [0.1, 0.15) is 11.4 Å². The second-order valence-corrected chi connectivity index (χ2v) is 7.21. The van der Waals surface area contributed by atoms with Crippen molar-refractivity contribution in [3.05, 3.63) is 41.7 Å². The summed E-state index contributed by atoms with van der Waals surface area (Å²) in [6, 6.07) is 4.41. The quantitative estimate of drug-likeness (QED) is 0.909. The fraction of sp³-hybridized carbons (Fsp3) is 0.474. The van der Waals surface area contributed by atoms with Crippen LogP contribution in [0, 0.1) is 5.82 Å². The molecule has 1 N–H and O–H groups in total. The maximum absolute atomic E-state index is 13.8. The first-order valence-corrected chi connectivity index (χ1v) is 8.36. The first kappa shape index (κ1) is 19.0. The number of rotatable bonds is 4. The number of hydrogen-bond acceptors (Lipinski definition) is 3. The van der Waals surface area contributed by atoms with Crippen LogP contribution in [0.3, 0.4) is 0 Å². The maximum atomic E-state index is 13.8. The number of amides is 2. The topological polar surface area (TPSA) is 58.6 Å². The third kappa shape index (κ3) is 5.59. The van der Waals surface area contributed by atoms with Gasteiger partial charge in [0.05, 0.1) is 6.42 Å². The highest BCUT2D eigenvalue weighted by Crippen LogP contribution is 2.16. The van der Waals surface area contributed by atoms with Crippen LogP contribution in [-0.2, 0) is 16.0 Å². The minimum atomic E-state index is -0.549. The van der Waals surface area contributed by atoms with Gasteiger partial charge in [-0.05, 0) is 50.5 Å². The van der Waals surface area contributed by atoms with Crippen LogP contribution in [0.15, 0.2) is 24.8 Å². The van der Waals surface area contributed by atoms with Gasteiger partial charge in [-0.25, -0.2) is 9.18 Å². The molecule has 25 heavy (non-hydrogen) atoms. The molecule has 1 fully saturated rings. The van der Waals surface area contributed by atoms with E-state index in [9.17, 15) is 14.0 Å². The number of ether oxygens (including phenoxy) is 1. The number of nitrogens with one attached hydrogen (secondary N) is 1. The van der Waals surface area contributed by atoms with Gasteiger partial charge >= 0.3 is 6.09 Å². The third-order valence-corrected chi connectivity index (χ3v) is 3.86. The van der Waals surface area contributed by atoms with Crippen LogP contribution in [0.1, 0.15) is 38.3 Å². The van der Waals surface area contributed by atoms with Gasteiger partial charge in [-0.1, -0.05) is 18.7 Å². The summed E-state index contributed by atoms with van der Waals surface area (Å²) in [5.41, 5.74) is 0.546. The van der Waals surface area contributed by atoms with E-state index in [1.54, 1.807) is 23.1 Å². The van der Waals surface area contributed by atoms with E-state index in [1.165, 1.54) is 6.07 Å². The predicted octanol–water partition coefficient (Wildman–Crippen LogP) is 3.14. The standard InChI is InChI=1S/C19H25FN2O3/c1-5-13-6-7-16(20)14(10-13)11-17(23)21-15-8-9-22(12-15)18(24)25-19(2,3)4/h5-7,10,15H,1,8-9,11-12H2,2-4H3,(H,21,23). The normalized spacial score (nSPS) is 17.3. The molecule has 1 aliphatic rings. The highest BCUT2D eigenvalue weighted by molar-refractivity contribution is 5.79. The van der Waals surface area contributed by atoms with Crippen LogP contribution in [0.5, 0.6) is 0 Å². The number of carbonyl (C=O) groups excluding carboxylic acids is 2. The summed E-state index contributed by atoms with van der Waals surface area (Å²) in [6.45, 7) is 10.0. The Morgan fingerprint density at radius 1 is 1.44 bits per heavy atom. The van der Waals surface area contributed by atoms with Gasteiger partial charge in [-0.15, -0.1) is 0 Å². The van der Waals surface area contributed by atoms with Crippen LogP contribution in [0.2, 0.25) is 0 Å². The summed E-state index contributed by atoms with van der Waals surface area (Å²) in [5, 5.41) is 2.86. The number of nitrogens with zero attached hydrogens (tertiary/aromatic N) is 1. The van der Waals surface area contributed by atoms with Crippen molar-refractivity contribution in [2.75, 3.05) is 13.1 Å². The van der Waals surface area contributed by atoms with E-state index >= 15 is 0 Å². The third-order valence-electron chi connectivity index (χ3n) is 3.86. The summed E-state index contributed by atoms with van der Waals surface area (Å²) < 4.78 is 19.1. The highest BCUT2D eigenvalue weighted by Gasteiger charge is 2.30. The first-order chi connectivity index (χ1) is 11.7. The lowest BCUT2D eigenvalue weighted by atomic mass is 10.1. The number of benzene rings is 1. The Kier molecular flexibility index (Phi) is 5.82. The summed E-state index contributed by atoms with van der Waals surface area (Å²) in [6.07, 6.45) is 1.83. The molecule has 1 unspecified atom stereocenters. The molecule has 0 bridgehead atoms. The molecule has 0 spiro atoms. The molecule has 0 aliphatic carbocycles. The summed E-state index contributed by atoms with van der Waals surface area (Å²) in [5.74, 6) is -0.682. The van der Waals surface area contributed by atoms with E-state index < -0.39 is 11.4 Å². The maximum Gasteiger partial charge on any atom is 0.410 e. The average Bonchev–Trinajstić information content (AvgIpc) is 2.96. The summed E-state index contributed by atoms with van der Waals surface area (Å²) in [4.78, 5) is 25.8. The summed E-state index contributed by atoms with van der Waals surface area (Å²) >= 11 is 0. The number of hydrogen-bond donors (Lipinski definition) is 1. The Hall–Kier alpha value is -2.37. The van der Waals surface area contributed by atoms with Gasteiger partial charge in [0, 0.05) is 19.1 Å². The zero-order valence-electron chi connectivity index (χ0n) is 15.0. The van der Waals surface area contributed by atoms with E-state index in [1.807, 2.05) is 20.8 Å². The largest absolute Gasteiger partial charge is 0.444 e. The lowest BCUT2D eigenvalue weighted by molar-refractivity contribution is -0.121. The monoisotopic (exact) mass is 348 g/mol. The molecule has 1 atom stereocenters. The van der Waals surface area contributed by atoms with E-state index in [2.05, 4.69) is 11.9 Å². The lowest BCUT2D eigenvalue weighted by Gasteiger charge is -2.24. The smallest absolute Gasteiger partial charge is 0.410 e. The highest BCUT2D eigenvalue weighted by atomic mass is 19.1. The average molecular weight is 348 g/mol. The Morgan fingerprint density at radius 3 is 2.80 bits per heavy atom. The number of carbonyl (C=O) groups is 2. The van der Waals surface area contributed by atoms with Crippen LogP contribution < -0.4 is 5.32 Å². The van der Waals surface area contributed by atoms with Crippen molar-refractivity contribution in [1.82, 2.24) is 10.2 Å². The van der Waals surface area contributed by atoms with E-state index in [-0.39, 0.29) is 24.5 Å². The van der Waals surface area contributed by atoms with E-state index in [0.29, 0.717) is 25.1 Å².